The third-order valence-electron chi connectivity index (χ3n) is 3.42. The Hall–Kier alpha value is -1.06. The molecule has 2 atom stereocenters. The summed E-state index contributed by atoms with van der Waals surface area (Å²) in [4.78, 5) is 0. The maximum absolute atomic E-state index is 5.90. The fourth-order valence-corrected chi connectivity index (χ4v) is 1.75. The van der Waals surface area contributed by atoms with Gasteiger partial charge in [0.2, 0.25) is 0 Å². The van der Waals surface area contributed by atoms with E-state index in [0.717, 1.165) is 11.3 Å². The van der Waals surface area contributed by atoms with Gasteiger partial charge in [-0.1, -0.05) is 26.0 Å². The Morgan fingerprint density at radius 3 is 2.41 bits per heavy atom. The smallest absolute Gasteiger partial charge is 0.184 e. The van der Waals surface area contributed by atoms with Gasteiger partial charge in [-0.2, -0.15) is 0 Å². The topological polar surface area (TPSA) is 27.7 Å². The molecule has 1 saturated heterocycles. The summed E-state index contributed by atoms with van der Waals surface area (Å²) in [6.07, 6.45) is -0.0766. The lowest BCUT2D eigenvalue weighted by Gasteiger charge is -2.40. The molecule has 2 rings (SSSR count). The predicted molar refractivity (Wildman–Crippen MR) is 66.0 cm³/mol. The van der Waals surface area contributed by atoms with E-state index in [2.05, 4.69) is 20.8 Å². The molecule has 0 aliphatic carbocycles. The Kier molecular flexibility index (Phi) is 3.40. The number of benzene rings is 1. The van der Waals surface area contributed by atoms with Crippen molar-refractivity contribution in [3.8, 4) is 5.75 Å². The molecule has 3 nitrogen and oxygen atoms in total. The van der Waals surface area contributed by atoms with Crippen molar-refractivity contribution < 1.29 is 14.2 Å². The second-order valence-electron chi connectivity index (χ2n) is 5.18. The molecule has 0 amide bonds. The summed E-state index contributed by atoms with van der Waals surface area (Å²) < 4.78 is 16.8. The van der Waals surface area contributed by atoms with Gasteiger partial charge in [0.15, 0.2) is 6.29 Å². The van der Waals surface area contributed by atoms with Gasteiger partial charge in [0, 0.05) is 11.0 Å². The highest BCUT2D eigenvalue weighted by molar-refractivity contribution is 5.28. The molecular weight excluding hydrogens is 216 g/mol. The minimum Gasteiger partial charge on any atom is -0.497 e. The summed E-state index contributed by atoms with van der Waals surface area (Å²) in [5.74, 6) is 0.845. The summed E-state index contributed by atoms with van der Waals surface area (Å²) in [6, 6.07) is 7.81. The van der Waals surface area contributed by atoms with Crippen LogP contribution in [0.1, 0.15) is 32.6 Å². The van der Waals surface area contributed by atoms with Gasteiger partial charge in [-0.3, -0.25) is 0 Å². The largest absolute Gasteiger partial charge is 0.497 e. The summed E-state index contributed by atoms with van der Waals surface area (Å²) in [7, 11) is 1.66. The van der Waals surface area contributed by atoms with Gasteiger partial charge in [-0.05, 0) is 19.1 Å². The van der Waals surface area contributed by atoms with Crippen LogP contribution in [-0.2, 0) is 9.47 Å². The summed E-state index contributed by atoms with van der Waals surface area (Å²) in [6.45, 7) is 7.12. The third kappa shape index (κ3) is 2.61. The Labute approximate surface area is 103 Å². The number of hydrogen-bond acceptors (Lipinski definition) is 3. The van der Waals surface area contributed by atoms with E-state index < -0.39 is 0 Å². The van der Waals surface area contributed by atoms with Crippen molar-refractivity contribution in [1.82, 2.24) is 0 Å². The Morgan fingerprint density at radius 1 is 1.24 bits per heavy atom. The van der Waals surface area contributed by atoms with Crippen LogP contribution >= 0.6 is 0 Å². The van der Waals surface area contributed by atoms with E-state index in [-0.39, 0.29) is 17.8 Å². The van der Waals surface area contributed by atoms with Crippen LogP contribution in [0, 0.1) is 5.41 Å². The zero-order chi connectivity index (χ0) is 12.5. The fraction of sp³-hybridized carbons (Fsp3) is 0.571. The molecule has 0 N–H and O–H groups in total. The van der Waals surface area contributed by atoms with E-state index in [4.69, 9.17) is 14.2 Å². The average molecular weight is 236 g/mol. The molecule has 0 radical (unpaired) electrons. The van der Waals surface area contributed by atoms with Gasteiger partial charge >= 0.3 is 0 Å². The van der Waals surface area contributed by atoms with Gasteiger partial charge < -0.3 is 14.2 Å². The van der Waals surface area contributed by atoms with Crippen molar-refractivity contribution in [3.05, 3.63) is 29.8 Å². The molecule has 1 heterocycles. The van der Waals surface area contributed by atoms with Crippen LogP contribution < -0.4 is 4.74 Å². The molecule has 2 unspecified atom stereocenters. The van der Waals surface area contributed by atoms with Crippen LogP contribution in [-0.4, -0.2) is 19.8 Å². The van der Waals surface area contributed by atoms with E-state index in [1.165, 1.54) is 0 Å². The lowest BCUT2D eigenvalue weighted by Crippen LogP contribution is -2.40. The second kappa shape index (κ2) is 4.67. The van der Waals surface area contributed by atoms with Gasteiger partial charge in [-0.15, -0.1) is 0 Å². The minimum atomic E-state index is -0.260. The molecule has 17 heavy (non-hydrogen) atoms. The number of rotatable bonds is 2. The maximum Gasteiger partial charge on any atom is 0.184 e. The van der Waals surface area contributed by atoms with Gasteiger partial charge in [-0.25, -0.2) is 0 Å². The van der Waals surface area contributed by atoms with Gasteiger partial charge in [0.25, 0.3) is 0 Å². The van der Waals surface area contributed by atoms with Gasteiger partial charge in [0.1, 0.15) is 5.75 Å². The van der Waals surface area contributed by atoms with E-state index >= 15 is 0 Å². The lowest BCUT2D eigenvalue weighted by molar-refractivity contribution is -0.259. The van der Waals surface area contributed by atoms with E-state index in [1.54, 1.807) is 7.11 Å². The number of methoxy groups -OCH3 is 1. The molecule has 1 aromatic rings. The zero-order valence-corrected chi connectivity index (χ0v) is 10.9. The van der Waals surface area contributed by atoms with Crippen molar-refractivity contribution in [1.29, 1.82) is 0 Å². The summed E-state index contributed by atoms with van der Waals surface area (Å²) in [5, 5.41) is 0. The van der Waals surface area contributed by atoms with Crippen LogP contribution in [0.2, 0.25) is 0 Å². The standard InChI is InChI=1S/C14H20O3/c1-10-14(2,3)9-16-13(17-10)11-5-7-12(15-4)8-6-11/h5-8,10,13H,9H2,1-4H3. The maximum atomic E-state index is 5.90. The highest BCUT2D eigenvalue weighted by Crippen LogP contribution is 2.36. The average Bonchev–Trinajstić information content (AvgIpc) is 2.33. The van der Waals surface area contributed by atoms with Gasteiger partial charge in [0.05, 0.1) is 19.8 Å². The first-order chi connectivity index (χ1) is 8.03. The summed E-state index contributed by atoms with van der Waals surface area (Å²) in [5.41, 5.74) is 1.11. The molecule has 94 valence electrons. The molecule has 1 aromatic carbocycles. The molecule has 0 aromatic heterocycles. The third-order valence-corrected chi connectivity index (χ3v) is 3.42. The molecule has 0 saturated carbocycles. The molecule has 1 aliphatic rings. The molecule has 3 heteroatoms. The zero-order valence-electron chi connectivity index (χ0n) is 10.9. The Balaban J connectivity index is 2.08. The predicted octanol–water partition coefficient (Wildman–Crippen LogP) is 3.16. The van der Waals surface area contributed by atoms with Crippen molar-refractivity contribution in [2.24, 2.45) is 5.41 Å². The molecule has 0 bridgehead atoms. The highest BCUT2D eigenvalue weighted by Gasteiger charge is 2.35. The van der Waals surface area contributed by atoms with Crippen LogP contribution in [0.3, 0.4) is 0 Å². The quantitative estimate of drug-likeness (QED) is 0.789. The van der Waals surface area contributed by atoms with Crippen LogP contribution in [0.5, 0.6) is 5.75 Å². The lowest BCUT2D eigenvalue weighted by atomic mass is 9.87. The first kappa shape index (κ1) is 12.4. The first-order valence-corrected chi connectivity index (χ1v) is 5.94. The molecule has 1 fully saturated rings. The molecule has 1 aliphatic heterocycles. The van der Waals surface area contributed by atoms with Crippen molar-refractivity contribution >= 4 is 0 Å². The molecular formula is C14H20O3. The van der Waals surface area contributed by atoms with Crippen molar-refractivity contribution in [3.63, 3.8) is 0 Å². The van der Waals surface area contributed by atoms with Crippen LogP contribution in [0.25, 0.3) is 0 Å². The van der Waals surface area contributed by atoms with Crippen LogP contribution in [0.15, 0.2) is 24.3 Å². The normalized spacial score (nSPS) is 27.8. The number of hydrogen-bond donors (Lipinski definition) is 0. The van der Waals surface area contributed by atoms with Crippen molar-refractivity contribution in [2.75, 3.05) is 13.7 Å². The summed E-state index contributed by atoms with van der Waals surface area (Å²) >= 11 is 0. The highest BCUT2D eigenvalue weighted by atomic mass is 16.7. The first-order valence-electron chi connectivity index (χ1n) is 5.94. The van der Waals surface area contributed by atoms with Crippen molar-refractivity contribution in [2.45, 2.75) is 33.2 Å². The molecule has 0 spiro atoms. The SMILES string of the molecule is COc1ccc(C2OCC(C)(C)C(C)O2)cc1. The Bertz CT molecular complexity index is 370. The second-order valence-corrected chi connectivity index (χ2v) is 5.18. The monoisotopic (exact) mass is 236 g/mol. The fourth-order valence-electron chi connectivity index (χ4n) is 1.75. The van der Waals surface area contributed by atoms with E-state index in [1.807, 2.05) is 24.3 Å². The van der Waals surface area contributed by atoms with E-state index in [9.17, 15) is 0 Å². The minimum absolute atomic E-state index is 0.0724. The van der Waals surface area contributed by atoms with Crippen LogP contribution in [0.4, 0.5) is 0 Å². The van der Waals surface area contributed by atoms with E-state index in [0.29, 0.717) is 6.61 Å². The number of ether oxygens (including phenoxy) is 3. The Morgan fingerprint density at radius 2 is 1.88 bits per heavy atom.